The van der Waals surface area contributed by atoms with Crippen LogP contribution in [0.25, 0.3) is 0 Å². The van der Waals surface area contributed by atoms with Crippen LogP contribution in [0.4, 0.5) is 0 Å². The number of hydrogen-bond acceptors (Lipinski definition) is 2. The molecular formula is C9H16N2. The van der Waals surface area contributed by atoms with E-state index in [0.29, 0.717) is 12.0 Å². The molecule has 3 N–H and O–H groups in total. The zero-order valence-electron chi connectivity index (χ0n) is 6.96. The molecule has 2 aliphatic rings. The van der Waals surface area contributed by atoms with Gasteiger partial charge in [0.15, 0.2) is 0 Å². The molecule has 0 aromatic carbocycles. The molecule has 2 nitrogen and oxygen atoms in total. The van der Waals surface area contributed by atoms with E-state index in [1.165, 1.54) is 0 Å². The second-order valence-corrected chi connectivity index (χ2v) is 3.81. The average molecular weight is 152 g/mol. The van der Waals surface area contributed by atoms with Gasteiger partial charge in [-0.2, -0.15) is 0 Å². The lowest BCUT2D eigenvalue weighted by molar-refractivity contribution is 0.304. The van der Waals surface area contributed by atoms with Gasteiger partial charge in [0.25, 0.3) is 0 Å². The topological polar surface area (TPSA) is 38.0 Å². The van der Waals surface area contributed by atoms with Crippen LogP contribution in [0.15, 0.2) is 12.2 Å². The van der Waals surface area contributed by atoms with E-state index in [2.05, 4.69) is 24.4 Å². The van der Waals surface area contributed by atoms with E-state index in [1.807, 2.05) is 0 Å². The molecule has 1 fully saturated rings. The van der Waals surface area contributed by atoms with Gasteiger partial charge in [-0.3, -0.25) is 0 Å². The van der Waals surface area contributed by atoms with Crippen LogP contribution in [0.3, 0.4) is 0 Å². The van der Waals surface area contributed by atoms with E-state index in [1.54, 1.807) is 0 Å². The van der Waals surface area contributed by atoms with Crippen molar-refractivity contribution in [1.29, 1.82) is 0 Å². The van der Waals surface area contributed by atoms with Crippen LogP contribution in [0.1, 0.15) is 6.92 Å². The summed E-state index contributed by atoms with van der Waals surface area (Å²) in [6.45, 7) is 4.55. The summed E-state index contributed by atoms with van der Waals surface area (Å²) in [7, 11) is 0. The summed E-state index contributed by atoms with van der Waals surface area (Å²) in [6.07, 6.45) is 4.43. The van der Waals surface area contributed by atoms with Crippen molar-refractivity contribution < 1.29 is 0 Å². The summed E-state index contributed by atoms with van der Waals surface area (Å²) >= 11 is 0. The molecule has 11 heavy (non-hydrogen) atoms. The van der Waals surface area contributed by atoms with E-state index in [4.69, 9.17) is 5.73 Å². The van der Waals surface area contributed by atoms with Crippen molar-refractivity contribution in [2.24, 2.45) is 23.5 Å². The summed E-state index contributed by atoms with van der Waals surface area (Å²) < 4.78 is 0. The molecule has 0 radical (unpaired) electrons. The van der Waals surface area contributed by atoms with Crippen molar-refractivity contribution >= 4 is 0 Å². The Balaban J connectivity index is 2.18. The predicted molar refractivity (Wildman–Crippen MR) is 46.1 cm³/mol. The highest BCUT2D eigenvalue weighted by Gasteiger charge is 2.35. The molecule has 2 heteroatoms. The maximum absolute atomic E-state index is 5.96. The van der Waals surface area contributed by atoms with Crippen molar-refractivity contribution in [2.75, 3.05) is 13.1 Å². The van der Waals surface area contributed by atoms with Crippen molar-refractivity contribution in [3.8, 4) is 0 Å². The number of allylic oxidation sites excluding steroid dienone is 1. The summed E-state index contributed by atoms with van der Waals surface area (Å²) in [5.41, 5.74) is 5.96. The molecule has 1 aliphatic carbocycles. The SMILES string of the molecule is C[C@H]1C=C[C@@H](N)[C@H]2CNC[C@H]21. The predicted octanol–water partition coefficient (Wildman–Crippen LogP) is 0.355. The van der Waals surface area contributed by atoms with E-state index in [9.17, 15) is 0 Å². The number of fused-ring (bicyclic) bond motifs is 1. The Bertz CT molecular complexity index is 158. The van der Waals surface area contributed by atoms with Crippen LogP contribution < -0.4 is 11.1 Å². The minimum absolute atomic E-state index is 0.297. The largest absolute Gasteiger partial charge is 0.324 e. The van der Waals surface area contributed by atoms with Crippen LogP contribution in [-0.4, -0.2) is 19.1 Å². The lowest BCUT2D eigenvalue weighted by atomic mass is 9.77. The monoisotopic (exact) mass is 152 g/mol. The molecule has 0 amide bonds. The third kappa shape index (κ3) is 1.10. The molecular weight excluding hydrogens is 136 g/mol. The number of nitrogens with one attached hydrogen (secondary N) is 1. The lowest BCUT2D eigenvalue weighted by Gasteiger charge is -2.30. The van der Waals surface area contributed by atoms with E-state index >= 15 is 0 Å². The first kappa shape index (κ1) is 7.32. The Labute approximate surface area is 67.8 Å². The van der Waals surface area contributed by atoms with Crippen LogP contribution in [-0.2, 0) is 0 Å². The molecule has 1 heterocycles. The number of nitrogens with two attached hydrogens (primary N) is 1. The van der Waals surface area contributed by atoms with Crippen molar-refractivity contribution in [3.63, 3.8) is 0 Å². The second-order valence-electron chi connectivity index (χ2n) is 3.81. The van der Waals surface area contributed by atoms with Gasteiger partial charge in [-0.05, 0) is 24.3 Å². The highest BCUT2D eigenvalue weighted by molar-refractivity contribution is 5.09. The molecule has 0 spiro atoms. The number of rotatable bonds is 0. The van der Waals surface area contributed by atoms with Crippen LogP contribution in [0.2, 0.25) is 0 Å². The third-order valence-corrected chi connectivity index (χ3v) is 3.12. The van der Waals surface area contributed by atoms with Gasteiger partial charge in [0, 0.05) is 12.6 Å². The first-order chi connectivity index (χ1) is 5.29. The summed E-state index contributed by atoms with van der Waals surface area (Å²) in [6, 6.07) is 0.297. The van der Waals surface area contributed by atoms with Gasteiger partial charge in [0.05, 0.1) is 0 Å². The van der Waals surface area contributed by atoms with Crippen molar-refractivity contribution in [1.82, 2.24) is 5.32 Å². The van der Waals surface area contributed by atoms with Crippen LogP contribution in [0.5, 0.6) is 0 Å². The fraction of sp³-hybridized carbons (Fsp3) is 0.778. The van der Waals surface area contributed by atoms with Gasteiger partial charge in [-0.1, -0.05) is 19.1 Å². The Morgan fingerprint density at radius 2 is 2.00 bits per heavy atom. The van der Waals surface area contributed by atoms with E-state index < -0.39 is 0 Å². The summed E-state index contributed by atoms with van der Waals surface area (Å²) in [5.74, 6) is 2.19. The Morgan fingerprint density at radius 3 is 2.73 bits per heavy atom. The fourth-order valence-corrected chi connectivity index (χ4v) is 2.31. The highest BCUT2D eigenvalue weighted by Crippen LogP contribution is 2.31. The number of hydrogen-bond donors (Lipinski definition) is 2. The maximum Gasteiger partial charge on any atom is 0.0268 e. The normalized spacial score (nSPS) is 49.3. The minimum Gasteiger partial charge on any atom is -0.324 e. The molecule has 0 unspecified atom stereocenters. The molecule has 1 saturated heterocycles. The minimum atomic E-state index is 0.297. The van der Waals surface area contributed by atoms with Gasteiger partial charge < -0.3 is 11.1 Å². The average Bonchev–Trinajstić information content (AvgIpc) is 2.45. The molecule has 4 atom stereocenters. The molecule has 0 saturated carbocycles. The van der Waals surface area contributed by atoms with Gasteiger partial charge >= 0.3 is 0 Å². The molecule has 0 aromatic rings. The standard InChI is InChI=1S/C9H16N2/c1-6-2-3-9(10)8-5-11-4-7(6)8/h2-3,6-9,11H,4-5,10H2,1H3/t6-,7-,8-,9+/m0/s1. The van der Waals surface area contributed by atoms with E-state index in [-0.39, 0.29) is 0 Å². The van der Waals surface area contributed by atoms with Crippen molar-refractivity contribution in [2.45, 2.75) is 13.0 Å². The first-order valence-corrected chi connectivity index (χ1v) is 4.43. The molecule has 1 aliphatic heterocycles. The zero-order valence-corrected chi connectivity index (χ0v) is 6.96. The first-order valence-electron chi connectivity index (χ1n) is 4.43. The molecule has 62 valence electrons. The van der Waals surface area contributed by atoms with Crippen LogP contribution in [0, 0.1) is 17.8 Å². The smallest absolute Gasteiger partial charge is 0.0268 e. The Morgan fingerprint density at radius 1 is 1.27 bits per heavy atom. The fourth-order valence-electron chi connectivity index (χ4n) is 2.31. The van der Waals surface area contributed by atoms with Gasteiger partial charge in [0.1, 0.15) is 0 Å². The second kappa shape index (κ2) is 2.61. The molecule has 2 rings (SSSR count). The van der Waals surface area contributed by atoms with Crippen molar-refractivity contribution in [3.05, 3.63) is 12.2 Å². The quantitative estimate of drug-likeness (QED) is 0.492. The van der Waals surface area contributed by atoms with Crippen LogP contribution >= 0.6 is 0 Å². The van der Waals surface area contributed by atoms with Gasteiger partial charge in [-0.15, -0.1) is 0 Å². The molecule has 0 bridgehead atoms. The third-order valence-electron chi connectivity index (χ3n) is 3.12. The Hall–Kier alpha value is -0.340. The van der Waals surface area contributed by atoms with E-state index in [0.717, 1.165) is 24.9 Å². The highest BCUT2D eigenvalue weighted by atomic mass is 14.9. The summed E-state index contributed by atoms with van der Waals surface area (Å²) in [4.78, 5) is 0. The Kier molecular flexibility index (Phi) is 1.74. The van der Waals surface area contributed by atoms with Gasteiger partial charge in [-0.25, -0.2) is 0 Å². The zero-order chi connectivity index (χ0) is 7.84. The summed E-state index contributed by atoms with van der Waals surface area (Å²) in [5, 5.41) is 3.41. The maximum atomic E-state index is 5.96. The lowest BCUT2D eigenvalue weighted by Crippen LogP contribution is -2.38. The van der Waals surface area contributed by atoms with Gasteiger partial charge in [0.2, 0.25) is 0 Å². The molecule has 0 aromatic heterocycles.